The number of carbonyl (C=O) groups excluding carboxylic acids is 2. The van der Waals surface area contributed by atoms with E-state index in [0.717, 1.165) is 5.56 Å². The number of nitrogens with one attached hydrogen (secondary N) is 2. The summed E-state index contributed by atoms with van der Waals surface area (Å²) in [5.74, 6) is 1.88. The average molecular weight is 433 g/mol. The third kappa shape index (κ3) is 4.15. The molecule has 32 heavy (non-hydrogen) atoms. The third-order valence-electron chi connectivity index (χ3n) is 5.08. The number of anilines is 3. The molecule has 0 bridgehead atoms. The Morgan fingerprint density at radius 1 is 0.875 bits per heavy atom. The van der Waals surface area contributed by atoms with Gasteiger partial charge in [0.15, 0.2) is 5.75 Å². The molecule has 0 aromatic heterocycles. The first-order valence-corrected chi connectivity index (χ1v) is 9.89. The quantitative estimate of drug-likeness (QED) is 0.602. The van der Waals surface area contributed by atoms with Crippen molar-refractivity contribution < 1.29 is 23.8 Å². The van der Waals surface area contributed by atoms with Crippen LogP contribution in [-0.4, -0.2) is 33.2 Å². The van der Waals surface area contributed by atoms with Gasteiger partial charge in [0, 0.05) is 36.6 Å². The summed E-state index contributed by atoms with van der Waals surface area (Å²) in [6.07, 6.45) is 0. The summed E-state index contributed by atoms with van der Waals surface area (Å²) >= 11 is 0. The molecule has 8 heteroatoms. The van der Waals surface area contributed by atoms with Crippen LogP contribution in [0.15, 0.2) is 54.6 Å². The van der Waals surface area contributed by atoms with Gasteiger partial charge in [0.1, 0.15) is 17.2 Å². The van der Waals surface area contributed by atoms with Crippen LogP contribution in [0.3, 0.4) is 0 Å². The van der Waals surface area contributed by atoms with E-state index in [1.807, 2.05) is 25.1 Å². The minimum Gasteiger partial charge on any atom is -0.497 e. The van der Waals surface area contributed by atoms with Gasteiger partial charge in [-0.3, -0.25) is 4.79 Å². The number of hydrogen-bond donors (Lipinski definition) is 2. The zero-order chi connectivity index (χ0) is 22.8. The van der Waals surface area contributed by atoms with Gasteiger partial charge in [-0.15, -0.1) is 0 Å². The van der Waals surface area contributed by atoms with Crippen LogP contribution in [0.4, 0.5) is 21.9 Å². The Kier molecular flexibility index (Phi) is 5.59. The topological polar surface area (TPSA) is 89.1 Å². The summed E-state index contributed by atoms with van der Waals surface area (Å²) in [7, 11) is 4.76. The van der Waals surface area contributed by atoms with E-state index in [2.05, 4.69) is 10.6 Å². The molecule has 0 unspecified atom stereocenters. The summed E-state index contributed by atoms with van der Waals surface area (Å²) in [6, 6.07) is 15.2. The van der Waals surface area contributed by atoms with Crippen molar-refractivity contribution in [2.24, 2.45) is 0 Å². The molecule has 0 saturated carbocycles. The van der Waals surface area contributed by atoms with Crippen molar-refractivity contribution in [1.82, 2.24) is 0 Å². The minimum atomic E-state index is -0.477. The van der Waals surface area contributed by atoms with Gasteiger partial charge in [-0.05, 0) is 42.8 Å². The highest BCUT2D eigenvalue weighted by molar-refractivity contribution is 6.10. The fourth-order valence-corrected chi connectivity index (χ4v) is 3.42. The number of rotatable bonds is 4. The van der Waals surface area contributed by atoms with Crippen molar-refractivity contribution in [2.45, 2.75) is 6.92 Å². The lowest BCUT2D eigenvalue weighted by molar-refractivity contribution is 0.0993. The van der Waals surface area contributed by atoms with Gasteiger partial charge in [0.2, 0.25) is 0 Å². The van der Waals surface area contributed by atoms with Crippen molar-refractivity contribution in [2.75, 3.05) is 36.8 Å². The molecule has 2 N–H and O–H groups in total. The van der Waals surface area contributed by atoms with E-state index < -0.39 is 6.03 Å². The maximum Gasteiger partial charge on any atom is 0.323 e. The molecule has 0 atom stereocenters. The van der Waals surface area contributed by atoms with Crippen LogP contribution in [0, 0.1) is 6.92 Å². The molecule has 1 aliphatic rings. The van der Waals surface area contributed by atoms with Crippen molar-refractivity contribution in [1.29, 1.82) is 0 Å². The van der Waals surface area contributed by atoms with E-state index in [-0.39, 0.29) is 5.91 Å². The van der Waals surface area contributed by atoms with Crippen LogP contribution in [0.5, 0.6) is 23.0 Å². The van der Waals surface area contributed by atoms with E-state index in [1.54, 1.807) is 48.3 Å². The SMILES string of the molecule is COc1cc(NC(=O)Nc2ccc3c(c2)C(=O)N(C)c2cc(C)ccc2O3)cc(OC)c1. The smallest absolute Gasteiger partial charge is 0.323 e. The normalized spacial score (nSPS) is 12.1. The average Bonchev–Trinajstić information content (AvgIpc) is 2.88. The minimum absolute atomic E-state index is 0.231. The fraction of sp³-hybridized carbons (Fsp3) is 0.167. The molecule has 1 aliphatic heterocycles. The van der Waals surface area contributed by atoms with Crippen LogP contribution >= 0.6 is 0 Å². The van der Waals surface area contributed by atoms with Gasteiger partial charge in [-0.2, -0.15) is 0 Å². The summed E-state index contributed by atoms with van der Waals surface area (Å²) in [5.41, 5.74) is 3.00. The van der Waals surface area contributed by atoms with Crippen molar-refractivity contribution in [3.05, 3.63) is 65.7 Å². The van der Waals surface area contributed by atoms with Crippen molar-refractivity contribution in [3.8, 4) is 23.0 Å². The summed E-state index contributed by atoms with van der Waals surface area (Å²) in [6.45, 7) is 1.95. The molecule has 3 aromatic carbocycles. The van der Waals surface area contributed by atoms with Crippen LogP contribution in [0.25, 0.3) is 0 Å². The molecule has 0 saturated heterocycles. The van der Waals surface area contributed by atoms with E-state index in [0.29, 0.717) is 45.6 Å². The molecule has 4 rings (SSSR count). The number of aryl methyl sites for hydroxylation is 1. The fourth-order valence-electron chi connectivity index (χ4n) is 3.42. The van der Waals surface area contributed by atoms with Gasteiger partial charge in [0.05, 0.1) is 25.5 Å². The molecule has 0 aliphatic carbocycles. The summed E-state index contributed by atoms with van der Waals surface area (Å²) in [4.78, 5) is 27.2. The second kappa shape index (κ2) is 8.50. The monoisotopic (exact) mass is 433 g/mol. The first-order valence-electron chi connectivity index (χ1n) is 9.89. The van der Waals surface area contributed by atoms with E-state index in [9.17, 15) is 9.59 Å². The number of carbonyl (C=O) groups is 2. The van der Waals surface area contributed by atoms with E-state index >= 15 is 0 Å². The molecule has 3 aromatic rings. The number of hydrogen-bond acceptors (Lipinski definition) is 5. The van der Waals surface area contributed by atoms with E-state index in [1.165, 1.54) is 14.2 Å². The number of methoxy groups -OCH3 is 2. The molecule has 0 fully saturated rings. The Labute approximate surface area is 185 Å². The van der Waals surface area contributed by atoms with Crippen molar-refractivity contribution in [3.63, 3.8) is 0 Å². The van der Waals surface area contributed by atoms with E-state index in [4.69, 9.17) is 14.2 Å². The summed E-state index contributed by atoms with van der Waals surface area (Å²) < 4.78 is 16.4. The van der Waals surface area contributed by atoms with Gasteiger partial charge < -0.3 is 29.7 Å². The second-order valence-electron chi connectivity index (χ2n) is 7.33. The summed E-state index contributed by atoms with van der Waals surface area (Å²) in [5, 5.41) is 5.48. The second-order valence-corrected chi connectivity index (χ2v) is 7.33. The zero-order valence-electron chi connectivity index (χ0n) is 18.2. The Balaban J connectivity index is 1.56. The number of nitrogens with zero attached hydrogens (tertiary/aromatic N) is 1. The molecular weight excluding hydrogens is 410 g/mol. The zero-order valence-corrected chi connectivity index (χ0v) is 18.2. The van der Waals surface area contributed by atoms with Gasteiger partial charge in [0.25, 0.3) is 5.91 Å². The molecule has 164 valence electrons. The van der Waals surface area contributed by atoms with Crippen LogP contribution in [0.2, 0.25) is 0 Å². The highest BCUT2D eigenvalue weighted by atomic mass is 16.5. The molecule has 8 nitrogen and oxygen atoms in total. The van der Waals surface area contributed by atoms with Crippen LogP contribution in [-0.2, 0) is 0 Å². The highest BCUT2D eigenvalue weighted by Gasteiger charge is 2.26. The first-order chi connectivity index (χ1) is 15.4. The maximum atomic E-state index is 13.1. The van der Waals surface area contributed by atoms with Gasteiger partial charge in [-0.1, -0.05) is 6.07 Å². The van der Waals surface area contributed by atoms with Gasteiger partial charge >= 0.3 is 6.03 Å². The lowest BCUT2D eigenvalue weighted by atomic mass is 10.1. The maximum absolute atomic E-state index is 13.1. The predicted octanol–water partition coefficient (Wildman–Crippen LogP) is 5.04. The lowest BCUT2D eigenvalue weighted by Gasteiger charge is -2.17. The molecule has 1 heterocycles. The molecular formula is C24H23N3O5. The van der Waals surface area contributed by atoms with Crippen molar-refractivity contribution >= 4 is 29.0 Å². The number of fused-ring (bicyclic) bond motifs is 2. The number of urea groups is 1. The standard InChI is InChI=1S/C24H23N3O5/c1-14-5-7-22-20(9-14)27(2)23(28)19-12-15(6-8-21(19)32-22)25-24(29)26-16-10-17(30-3)13-18(11-16)31-4/h5-13H,1-4H3,(H2,25,26,29). The third-order valence-corrected chi connectivity index (χ3v) is 5.08. The Bertz CT molecular complexity index is 1190. The largest absolute Gasteiger partial charge is 0.497 e. The number of amides is 3. The Hall–Kier alpha value is -4.20. The Morgan fingerprint density at radius 2 is 1.53 bits per heavy atom. The predicted molar refractivity (Wildman–Crippen MR) is 123 cm³/mol. The molecule has 0 radical (unpaired) electrons. The van der Waals surface area contributed by atoms with Gasteiger partial charge in [-0.25, -0.2) is 4.79 Å². The molecule has 3 amide bonds. The number of ether oxygens (including phenoxy) is 3. The van der Waals surface area contributed by atoms with Crippen LogP contribution in [0.1, 0.15) is 15.9 Å². The lowest BCUT2D eigenvalue weighted by Crippen LogP contribution is -2.25. The Morgan fingerprint density at radius 3 is 2.22 bits per heavy atom. The molecule has 0 spiro atoms. The first kappa shape index (κ1) is 21.0. The number of benzene rings is 3. The highest BCUT2D eigenvalue weighted by Crippen LogP contribution is 2.39. The van der Waals surface area contributed by atoms with Crippen LogP contribution < -0.4 is 29.7 Å².